The number of fused-ring (bicyclic) bond motifs is 1. The number of halogens is 1. The van der Waals surface area contributed by atoms with Gasteiger partial charge in [-0.05, 0) is 30.0 Å². The third-order valence-corrected chi connectivity index (χ3v) is 3.76. The summed E-state index contributed by atoms with van der Waals surface area (Å²) in [7, 11) is 0. The number of hydrogen-bond acceptors (Lipinski definition) is 5. The van der Waals surface area contributed by atoms with Crippen LogP contribution in [-0.2, 0) is 4.74 Å². The smallest absolute Gasteiger partial charge is 0.348 e. The Morgan fingerprint density at radius 3 is 2.94 bits per heavy atom. The summed E-state index contributed by atoms with van der Waals surface area (Å²) in [6.07, 6.45) is 1.63. The first-order valence-corrected chi connectivity index (χ1v) is 6.77. The Kier molecular flexibility index (Phi) is 3.82. The lowest BCUT2D eigenvalue weighted by Crippen LogP contribution is -2.09. The zero-order valence-corrected chi connectivity index (χ0v) is 11.9. The second kappa shape index (κ2) is 5.20. The summed E-state index contributed by atoms with van der Waals surface area (Å²) in [4.78, 5) is 21.2. The number of carbonyl (C=O) groups is 1. The number of esters is 1. The zero-order chi connectivity index (χ0) is 13.3. The molecule has 0 amide bonds. The van der Waals surface area contributed by atoms with E-state index in [1.807, 2.05) is 20.8 Å². The van der Waals surface area contributed by atoms with Crippen molar-refractivity contribution in [3.8, 4) is 0 Å². The molecule has 6 heteroatoms. The number of carbonyl (C=O) groups excluding carboxylic acids is 1. The molecule has 0 atom stereocenters. The fourth-order valence-corrected chi connectivity index (χ4v) is 2.71. The quantitative estimate of drug-likeness (QED) is 0.640. The van der Waals surface area contributed by atoms with Gasteiger partial charge in [0.1, 0.15) is 9.71 Å². The third kappa shape index (κ3) is 2.62. The molecule has 2 aromatic heterocycles. The van der Waals surface area contributed by atoms with Gasteiger partial charge in [-0.15, -0.1) is 11.3 Å². The van der Waals surface area contributed by atoms with Crippen LogP contribution in [0.2, 0.25) is 5.28 Å². The molecule has 18 heavy (non-hydrogen) atoms. The minimum atomic E-state index is -0.305. The van der Waals surface area contributed by atoms with Crippen molar-refractivity contribution in [3.63, 3.8) is 0 Å². The second-order valence-corrected chi connectivity index (χ2v) is 5.74. The van der Waals surface area contributed by atoms with E-state index in [9.17, 15) is 4.79 Å². The number of thiophene rings is 1. The molecule has 0 spiro atoms. The van der Waals surface area contributed by atoms with Crippen LogP contribution < -0.4 is 0 Å². The number of ether oxygens (including phenoxy) is 1. The van der Waals surface area contributed by atoms with Crippen molar-refractivity contribution in [2.75, 3.05) is 6.61 Å². The lowest BCUT2D eigenvalue weighted by atomic mass is 10.2. The van der Waals surface area contributed by atoms with E-state index in [2.05, 4.69) is 9.97 Å². The molecule has 4 nitrogen and oxygen atoms in total. The van der Waals surface area contributed by atoms with Gasteiger partial charge in [-0.3, -0.25) is 0 Å². The van der Waals surface area contributed by atoms with Crippen molar-refractivity contribution in [1.82, 2.24) is 9.97 Å². The SMILES string of the molecule is Cc1c(C(=O)OCC(C)C)sc2nc(Cl)ncc12. The normalized spacial score (nSPS) is 11.2. The van der Waals surface area contributed by atoms with E-state index in [-0.39, 0.29) is 11.3 Å². The molecule has 0 aliphatic rings. The van der Waals surface area contributed by atoms with Crippen LogP contribution in [-0.4, -0.2) is 22.5 Å². The van der Waals surface area contributed by atoms with Gasteiger partial charge in [-0.2, -0.15) is 0 Å². The minimum absolute atomic E-state index is 0.186. The number of hydrogen-bond donors (Lipinski definition) is 0. The maximum absolute atomic E-state index is 11.9. The first kappa shape index (κ1) is 13.2. The van der Waals surface area contributed by atoms with Crippen LogP contribution in [0.4, 0.5) is 0 Å². The van der Waals surface area contributed by atoms with Gasteiger partial charge < -0.3 is 4.74 Å². The summed E-state index contributed by atoms with van der Waals surface area (Å²) < 4.78 is 5.22. The highest BCUT2D eigenvalue weighted by Gasteiger charge is 2.18. The van der Waals surface area contributed by atoms with E-state index in [1.165, 1.54) is 11.3 Å². The molecule has 0 aromatic carbocycles. The van der Waals surface area contributed by atoms with E-state index in [0.717, 1.165) is 10.9 Å². The summed E-state index contributed by atoms with van der Waals surface area (Å²) in [6.45, 7) is 6.27. The van der Waals surface area contributed by atoms with E-state index >= 15 is 0 Å². The lowest BCUT2D eigenvalue weighted by molar-refractivity contribution is 0.0464. The van der Waals surface area contributed by atoms with Crippen LogP contribution in [0.1, 0.15) is 29.1 Å². The van der Waals surface area contributed by atoms with E-state index in [4.69, 9.17) is 16.3 Å². The summed E-state index contributed by atoms with van der Waals surface area (Å²) >= 11 is 7.02. The fourth-order valence-electron chi connectivity index (χ4n) is 1.48. The molecule has 0 fully saturated rings. The van der Waals surface area contributed by atoms with Crippen LogP contribution in [0.15, 0.2) is 6.20 Å². The third-order valence-electron chi connectivity index (χ3n) is 2.40. The van der Waals surface area contributed by atoms with Gasteiger partial charge in [0.05, 0.1) is 6.61 Å². The summed E-state index contributed by atoms with van der Waals surface area (Å²) in [5.41, 5.74) is 0.848. The molecule has 0 saturated carbocycles. The molecule has 0 aliphatic carbocycles. The van der Waals surface area contributed by atoms with E-state index < -0.39 is 0 Å². The van der Waals surface area contributed by atoms with Crippen molar-refractivity contribution >= 4 is 39.1 Å². The van der Waals surface area contributed by atoms with Crippen molar-refractivity contribution in [1.29, 1.82) is 0 Å². The van der Waals surface area contributed by atoms with Crippen LogP contribution in [0, 0.1) is 12.8 Å². The fraction of sp³-hybridized carbons (Fsp3) is 0.417. The highest BCUT2D eigenvalue weighted by Crippen LogP contribution is 2.30. The molecule has 0 aliphatic heterocycles. The largest absolute Gasteiger partial charge is 0.461 e. The topological polar surface area (TPSA) is 52.1 Å². The average molecular weight is 285 g/mol. The Hall–Kier alpha value is -1.20. The number of rotatable bonds is 3. The van der Waals surface area contributed by atoms with Crippen LogP contribution in [0.3, 0.4) is 0 Å². The molecule has 2 aromatic rings. The Morgan fingerprint density at radius 1 is 1.56 bits per heavy atom. The number of aryl methyl sites for hydroxylation is 1. The van der Waals surface area contributed by atoms with Gasteiger partial charge in [0.2, 0.25) is 5.28 Å². The minimum Gasteiger partial charge on any atom is -0.461 e. The van der Waals surface area contributed by atoms with Gasteiger partial charge in [0.15, 0.2) is 0 Å². The molecule has 2 rings (SSSR count). The predicted octanol–water partition coefficient (Wildman–Crippen LogP) is 3.47. The monoisotopic (exact) mass is 284 g/mol. The van der Waals surface area contributed by atoms with E-state index in [1.54, 1.807) is 6.20 Å². The molecular weight excluding hydrogens is 272 g/mol. The Bertz CT molecular complexity index is 595. The predicted molar refractivity (Wildman–Crippen MR) is 72.3 cm³/mol. The highest BCUT2D eigenvalue weighted by atomic mass is 35.5. The zero-order valence-electron chi connectivity index (χ0n) is 10.4. The van der Waals surface area contributed by atoms with E-state index in [0.29, 0.717) is 22.2 Å². The summed E-state index contributed by atoms with van der Waals surface area (Å²) in [6, 6.07) is 0. The molecule has 0 radical (unpaired) electrons. The number of aromatic nitrogens is 2. The van der Waals surface area contributed by atoms with Gasteiger partial charge in [0.25, 0.3) is 0 Å². The van der Waals surface area contributed by atoms with Gasteiger partial charge in [-0.25, -0.2) is 14.8 Å². The standard InChI is InChI=1S/C12H13ClN2O2S/c1-6(2)5-17-11(16)9-7(3)8-4-14-12(13)15-10(8)18-9/h4,6H,5H2,1-3H3. The molecule has 0 N–H and O–H groups in total. The lowest BCUT2D eigenvalue weighted by Gasteiger charge is -2.05. The molecule has 96 valence electrons. The highest BCUT2D eigenvalue weighted by molar-refractivity contribution is 7.20. The van der Waals surface area contributed by atoms with Gasteiger partial charge >= 0.3 is 5.97 Å². The summed E-state index contributed by atoms with van der Waals surface area (Å²) in [5, 5.41) is 1.03. The molecule has 0 bridgehead atoms. The van der Waals surface area contributed by atoms with Crippen molar-refractivity contribution in [2.45, 2.75) is 20.8 Å². The maximum Gasteiger partial charge on any atom is 0.348 e. The first-order valence-electron chi connectivity index (χ1n) is 5.57. The van der Waals surface area contributed by atoms with Crippen LogP contribution in [0.25, 0.3) is 10.2 Å². The van der Waals surface area contributed by atoms with Crippen molar-refractivity contribution < 1.29 is 9.53 Å². The Labute approximate surface area is 114 Å². The average Bonchev–Trinajstić information content (AvgIpc) is 2.63. The first-order chi connectivity index (χ1) is 8.49. The number of nitrogens with zero attached hydrogens (tertiary/aromatic N) is 2. The summed E-state index contributed by atoms with van der Waals surface area (Å²) in [5.74, 6) is 0.0122. The Balaban J connectivity index is 2.33. The molecule has 0 saturated heterocycles. The van der Waals surface area contributed by atoms with Gasteiger partial charge in [0, 0.05) is 11.6 Å². The second-order valence-electron chi connectivity index (χ2n) is 4.41. The Morgan fingerprint density at radius 2 is 2.28 bits per heavy atom. The maximum atomic E-state index is 11.9. The molecule has 0 unspecified atom stereocenters. The molecule has 2 heterocycles. The van der Waals surface area contributed by atoms with Crippen LogP contribution >= 0.6 is 22.9 Å². The van der Waals surface area contributed by atoms with Gasteiger partial charge in [-0.1, -0.05) is 13.8 Å². The van der Waals surface area contributed by atoms with Crippen molar-refractivity contribution in [2.24, 2.45) is 5.92 Å². The van der Waals surface area contributed by atoms with Crippen LogP contribution in [0.5, 0.6) is 0 Å². The molecular formula is C12H13ClN2O2S. The van der Waals surface area contributed by atoms with Crippen molar-refractivity contribution in [3.05, 3.63) is 21.9 Å².